The largest absolute Gasteiger partial charge is 0.383 e. The Kier molecular flexibility index (Phi) is 5.02. The van der Waals surface area contributed by atoms with Crippen LogP contribution < -0.4 is 10.6 Å². The highest BCUT2D eigenvalue weighted by molar-refractivity contribution is 5.85. The number of rotatable bonds is 5. The lowest BCUT2D eigenvalue weighted by atomic mass is 9.98. The number of halogens is 1. The van der Waals surface area contributed by atoms with Crippen molar-refractivity contribution in [3.05, 3.63) is 0 Å². The number of nitrogens with one attached hydrogen (secondary N) is 2. The summed E-state index contributed by atoms with van der Waals surface area (Å²) in [6, 6.07) is 0. The molecule has 1 unspecified atom stereocenters. The van der Waals surface area contributed by atoms with E-state index in [9.17, 15) is 4.79 Å². The van der Waals surface area contributed by atoms with E-state index in [2.05, 4.69) is 10.6 Å². The van der Waals surface area contributed by atoms with Crippen LogP contribution >= 0.6 is 12.4 Å². The van der Waals surface area contributed by atoms with Gasteiger partial charge in [0.1, 0.15) is 0 Å². The molecule has 0 aromatic rings. The van der Waals surface area contributed by atoms with Crippen molar-refractivity contribution in [1.82, 2.24) is 10.6 Å². The van der Waals surface area contributed by atoms with E-state index in [4.69, 9.17) is 4.74 Å². The summed E-state index contributed by atoms with van der Waals surface area (Å²) < 4.78 is 5.22. The molecule has 2 fully saturated rings. The molecular formula is C11H21ClN2O2. The van der Waals surface area contributed by atoms with Crippen LogP contribution in [0, 0.1) is 5.92 Å². The molecule has 0 spiro atoms. The lowest BCUT2D eigenvalue weighted by Crippen LogP contribution is -2.53. The highest BCUT2D eigenvalue weighted by Crippen LogP contribution is 2.29. The fourth-order valence-electron chi connectivity index (χ4n) is 2.22. The zero-order chi connectivity index (χ0) is 10.7. The highest BCUT2D eigenvalue weighted by atomic mass is 35.5. The molecule has 0 radical (unpaired) electrons. The smallest absolute Gasteiger partial charge is 0.223 e. The maximum atomic E-state index is 11.5. The van der Waals surface area contributed by atoms with Gasteiger partial charge in [-0.05, 0) is 32.2 Å². The lowest BCUT2D eigenvalue weighted by Gasteiger charge is -2.28. The van der Waals surface area contributed by atoms with Gasteiger partial charge in [0.25, 0.3) is 0 Å². The third-order valence-corrected chi connectivity index (χ3v) is 3.30. The predicted octanol–water partition coefficient (Wildman–Crippen LogP) is 0.703. The monoisotopic (exact) mass is 248 g/mol. The van der Waals surface area contributed by atoms with E-state index in [-0.39, 0.29) is 23.9 Å². The number of amides is 1. The summed E-state index contributed by atoms with van der Waals surface area (Å²) in [6.45, 7) is 2.41. The molecule has 0 aromatic heterocycles. The Morgan fingerprint density at radius 1 is 1.56 bits per heavy atom. The Morgan fingerprint density at radius 3 is 2.81 bits per heavy atom. The van der Waals surface area contributed by atoms with E-state index in [0.717, 1.165) is 25.8 Å². The molecule has 1 amide bonds. The van der Waals surface area contributed by atoms with Crippen LogP contribution in [0.15, 0.2) is 0 Å². The van der Waals surface area contributed by atoms with Crippen LogP contribution in [0.3, 0.4) is 0 Å². The summed E-state index contributed by atoms with van der Waals surface area (Å²) in [5.74, 6) is 0.519. The molecule has 1 saturated heterocycles. The second kappa shape index (κ2) is 5.84. The Balaban J connectivity index is 0.00000128. The highest BCUT2D eigenvalue weighted by Gasteiger charge is 2.36. The van der Waals surface area contributed by atoms with Crippen molar-refractivity contribution in [2.75, 3.05) is 26.8 Å². The minimum atomic E-state index is -0.0146. The fourth-order valence-corrected chi connectivity index (χ4v) is 2.22. The fraction of sp³-hybridized carbons (Fsp3) is 0.909. The van der Waals surface area contributed by atoms with Crippen LogP contribution in [0.2, 0.25) is 0 Å². The summed E-state index contributed by atoms with van der Waals surface area (Å²) in [6.07, 6.45) is 4.39. The van der Waals surface area contributed by atoms with E-state index >= 15 is 0 Å². The van der Waals surface area contributed by atoms with Gasteiger partial charge < -0.3 is 15.4 Å². The van der Waals surface area contributed by atoms with Gasteiger partial charge in [-0.1, -0.05) is 0 Å². The van der Waals surface area contributed by atoms with Crippen molar-refractivity contribution < 1.29 is 9.53 Å². The lowest BCUT2D eigenvalue weighted by molar-refractivity contribution is -0.122. The molecule has 1 saturated carbocycles. The molecule has 2 N–H and O–H groups in total. The molecule has 16 heavy (non-hydrogen) atoms. The number of carbonyl (C=O) groups is 1. The van der Waals surface area contributed by atoms with Crippen molar-refractivity contribution in [1.29, 1.82) is 0 Å². The van der Waals surface area contributed by atoms with Gasteiger partial charge in [-0.15, -0.1) is 12.4 Å². The summed E-state index contributed by atoms with van der Waals surface area (Å²) in [4.78, 5) is 11.5. The molecule has 5 heteroatoms. The standard InChI is InChI=1S/C11H20N2O2.ClH/c1-15-8-11(5-2-6-13-11)7-12-10(14)9-3-4-9;/h9,13H,2-8H2,1H3,(H,12,14);1H. The van der Waals surface area contributed by atoms with Crippen molar-refractivity contribution in [2.24, 2.45) is 5.92 Å². The maximum absolute atomic E-state index is 11.5. The van der Waals surface area contributed by atoms with Crippen molar-refractivity contribution in [3.8, 4) is 0 Å². The number of methoxy groups -OCH3 is 1. The van der Waals surface area contributed by atoms with Crippen LogP contribution in [0.4, 0.5) is 0 Å². The van der Waals surface area contributed by atoms with Crippen molar-refractivity contribution >= 4 is 18.3 Å². The van der Waals surface area contributed by atoms with E-state index in [1.165, 1.54) is 6.42 Å². The predicted molar refractivity (Wildman–Crippen MR) is 64.8 cm³/mol. The van der Waals surface area contributed by atoms with Gasteiger partial charge >= 0.3 is 0 Å². The molecule has 1 atom stereocenters. The molecule has 1 aliphatic carbocycles. The van der Waals surface area contributed by atoms with Crippen molar-refractivity contribution in [2.45, 2.75) is 31.2 Å². The second-order valence-corrected chi connectivity index (χ2v) is 4.74. The number of ether oxygens (including phenoxy) is 1. The average molecular weight is 249 g/mol. The molecule has 2 rings (SSSR count). The number of carbonyl (C=O) groups excluding carboxylic acids is 1. The molecular weight excluding hydrogens is 228 g/mol. The first kappa shape index (κ1) is 13.7. The molecule has 1 heterocycles. The van der Waals surface area contributed by atoms with Crippen LogP contribution in [-0.2, 0) is 9.53 Å². The van der Waals surface area contributed by atoms with Crippen LogP contribution in [0.5, 0.6) is 0 Å². The molecule has 94 valence electrons. The Bertz CT molecular complexity index is 238. The summed E-state index contributed by atoms with van der Waals surface area (Å²) >= 11 is 0. The van der Waals surface area contributed by atoms with E-state index < -0.39 is 0 Å². The zero-order valence-corrected chi connectivity index (χ0v) is 10.6. The Labute approximate surface area is 103 Å². The van der Waals surface area contributed by atoms with Gasteiger partial charge in [0.15, 0.2) is 0 Å². The minimum Gasteiger partial charge on any atom is -0.383 e. The first-order valence-electron chi connectivity index (χ1n) is 5.77. The maximum Gasteiger partial charge on any atom is 0.223 e. The number of hydrogen-bond acceptors (Lipinski definition) is 3. The normalized spacial score (nSPS) is 28.6. The van der Waals surface area contributed by atoms with Crippen LogP contribution in [0.1, 0.15) is 25.7 Å². The average Bonchev–Trinajstić information content (AvgIpc) is 2.98. The molecule has 0 bridgehead atoms. The van der Waals surface area contributed by atoms with Gasteiger partial charge in [0.05, 0.1) is 12.1 Å². The van der Waals surface area contributed by atoms with Gasteiger partial charge in [-0.3, -0.25) is 4.79 Å². The van der Waals surface area contributed by atoms with E-state index in [1.54, 1.807) is 7.11 Å². The van der Waals surface area contributed by atoms with Crippen LogP contribution in [0.25, 0.3) is 0 Å². The van der Waals surface area contributed by atoms with Crippen LogP contribution in [-0.4, -0.2) is 38.3 Å². The van der Waals surface area contributed by atoms with Gasteiger partial charge in [-0.2, -0.15) is 0 Å². The molecule has 2 aliphatic rings. The SMILES string of the molecule is COCC1(CNC(=O)C2CC2)CCCN1.Cl. The first-order valence-corrected chi connectivity index (χ1v) is 5.77. The zero-order valence-electron chi connectivity index (χ0n) is 9.75. The van der Waals surface area contributed by atoms with Crippen molar-refractivity contribution in [3.63, 3.8) is 0 Å². The van der Waals surface area contributed by atoms with E-state index in [0.29, 0.717) is 19.1 Å². The third kappa shape index (κ3) is 3.34. The van der Waals surface area contributed by atoms with Gasteiger partial charge in [0.2, 0.25) is 5.91 Å². The Hall–Kier alpha value is -0.320. The van der Waals surface area contributed by atoms with Gasteiger partial charge in [-0.25, -0.2) is 0 Å². The summed E-state index contributed by atoms with van der Waals surface area (Å²) in [7, 11) is 1.71. The van der Waals surface area contributed by atoms with Gasteiger partial charge in [0, 0.05) is 19.6 Å². The quantitative estimate of drug-likeness (QED) is 0.753. The molecule has 1 aliphatic heterocycles. The Morgan fingerprint density at radius 2 is 2.31 bits per heavy atom. The summed E-state index contributed by atoms with van der Waals surface area (Å²) in [5, 5.41) is 6.48. The molecule has 0 aromatic carbocycles. The third-order valence-electron chi connectivity index (χ3n) is 3.30. The van der Waals surface area contributed by atoms with E-state index in [1.807, 2.05) is 0 Å². The second-order valence-electron chi connectivity index (χ2n) is 4.74. The summed E-state index contributed by atoms with van der Waals surface area (Å²) in [5.41, 5.74) is -0.0146. The minimum absolute atomic E-state index is 0. The molecule has 4 nitrogen and oxygen atoms in total. The first-order chi connectivity index (χ1) is 7.26. The topological polar surface area (TPSA) is 50.4 Å². The number of hydrogen-bond donors (Lipinski definition) is 2.